The van der Waals surface area contributed by atoms with Crippen molar-refractivity contribution in [3.8, 4) is 0 Å². The maximum absolute atomic E-state index is 6.59. The van der Waals surface area contributed by atoms with Crippen molar-refractivity contribution in [2.45, 2.75) is 57.1 Å². The molecular weight excluding hydrogens is 342 g/mol. The Morgan fingerprint density at radius 1 is 1.15 bits per heavy atom. The van der Waals surface area contributed by atoms with Gasteiger partial charge in [-0.1, -0.05) is 54.1 Å². The normalized spacial score (nSPS) is 21.9. The van der Waals surface area contributed by atoms with Crippen LogP contribution in [-0.2, 0) is 11.2 Å². The number of nitrogens with two attached hydrogens (primary N) is 1. The zero-order chi connectivity index (χ0) is 18.6. The average Bonchev–Trinajstić information content (AvgIpc) is 2.59. The predicted octanol–water partition coefficient (Wildman–Crippen LogP) is 5.59. The molecule has 1 aliphatic rings. The molecule has 3 heteroatoms. The third-order valence-corrected chi connectivity index (χ3v) is 5.71. The molecule has 2 aromatic carbocycles. The van der Waals surface area contributed by atoms with Gasteiger partial charge in [-0.2, -0.15) is 0 Å². The molecule has 0 aromatic heterocycles. The number of hydrogen-bond donors (Lipinski definition) is 1. The minimum absolute atomic E-state index is 0.0486. The van der Waals surface area contributed by atoms with E-state index in [1.54, 1.807) is 0 Å². The lowest BCUT2D eigenvalue weighted by molar-refractivity contribution is -0.0775. The number of ether oxygens (including phenoxy) is 1. The summed E-state index contributed by atoms with van der Waals surface area (Å²) in [6, 6.07) is 19.0. The number of hydrogen-bond acceptors (Lipinski definition) is 2. The molecule has 2 N–H and O–H groups in total. The highest BCUT2D eigenvalue weighted by Gasteiger charge is 2.34. The van der Waals surface area contributed by atoms with Crippen molar-refractivity contribution in [3.05, 3.63) is 70.7 Å². The second-order valence-corrected chi connectivity index (χ2v) is 8.64. The second-order valence-electron chi connectivity index (χ2n) is 8.21. The molecule has 1 aliphatic heterocycles. The Morgan fingerprint density at radius 2 is 1.92 bits per heavy atom. The molecule has 0 radical (unpaired) electrons. The molecule has 0 bridgehead atoms. The highest BCUT2D eigenvalue weighted by molar-refractivity contribution is 6.30. The van der Waals surface area contributed by atoms with Gasteiger partial charge in [-0.3, -0.25) is 0 Å². The van der Waals surface area contributed by atoms with Crippen molar-refractivity contribution in [1.82, 2.24) is 0 Å². The summed E-state index contributed by atoms with van der Waals surface area (Å²) in [5, 5.41) is 0.778. The number of rotatable bonds is 6. The van der Waals surface area contributed by atoms with Crippen molar-refractivity contribution in [2.24, 2.45) is 11.7 Å². The molecule has 0 amide bonds. The van der Waals surface area contributed by atoms with Gasteiger partial charge in [0.2, 0.25) is 0 Å². The second kappa shape index (κ2) is 8.56. The van der Waals surface area contributed by atoms with Gasteiger partial charge in [-0.15, -0.1) is 0 Å². The first-order chi connectivity index (χ1) is 12.4. The number of benzene rings is 2. The summed E-state index contributed by atoms with van der Waals surface area (Å²) in [5.74, 6) is 1.07. The number of halogens is 1. The van der Waals surface area contributed by atoms with E-state index in [0.717, 1.165) is 37.3 Å². The van der Waals surface area contributed by atoms with Crippen LogP contribution >= 0.6 is 11.6 Å². The van der Waals surface area contributed by atoms with Crippen LogP contribution in [0.15, 0.2) is 54.6 Å². The van der Waals surface area contributed by atoms with E-state index >= 15 is 0 Å². The topological polar surface area (TPSA) is 35.2 Å². The first-order valence-electron chi connectivity index (χ1n) is 9.62. The minimum Gasteiger partial charge on any atom is -0.376 e. The van der Waals surface area contributed by atoms with Gasteiger partial charge in [0.25, 0.3) is 0 Å². The van der Waals surface area contributed by atoms with Crippen LogP contribution in [0.3, 0.4) is 0 Å². The smallest absolute Gasteiger partial charge is 0.0629 e. The predicted molar refractivity (Wildman–Crippen MR) is 110 cm³/mol. The third-order valence-electron chi connectivity index (χ3n) is 5.48. The van der Waals surface area contributed by atoms with Gasteiger partial charge in [-0.05, 0) is 74.6 Å². The molecular formula is C23H30ClNO. The lowest BCUT2D eigenvalue weighted by Gasteiger charge is -2.40. The van der Waals surface area contributed by atoms with E-state index in [9.17, 15) is 0 Å². The van der Waals surface area contributed by atoms with Crippen LogP contribution in [0, 0.1) is 5.92 Å². The van der Waals surface area contributed by atoms with Gasteiger partial charge in [0.05, 0.1) is 5.60 Å². The van der Waals surface area contributed by atoms with Crippen LogP contribution in [0.5, 0.6) is 0 Å². The fourth-order valence-corrected chi connectivity index (χ4v) is 4.51. The van der Waals surface area contributed by atoms with Crippen LogP contribution in [0.4, 0.5) is 0 Å². The summed E-state index contributed by atoms with van der Waals surface area (Å²) in [7, 11) is 0. The van der Waals surface area contributed by atoms with Crippen LogP contribution in [0.1, 0.15) is 50.2 Å². The monoisotopic (exact) mass is 371 g/mol. The summed E-state index contributed by atoms with van der Waals surface area (Å²) in [4.78, 5) is 0. The first-order valence-corrected chi connectivity index (χ1v) is 10.00. The van der Waals surface area contributed by atoms with Crippen molar-refractivity contribution in [1.29, 1.82) is 0 Å². The molecule has 2 aromatic rings. The summed E-state index contributed by atoms with van der Waals surface area (Å²) in [5.41, 5.74) is 9.16. The van der Waals surface area contributed by atoms with E-state index in [1.165, 1.54) is 11.1 Å². The molecule has 3 rings (SSSR count). The van der Waals surface area contributed by atoms with Crippen LogP contribution in [0.25, 0.3) is 0 Å². The molecule has 140 valence electrons. The van der Waals surface area contributed by atoms with Crippen molar-refractivity contribution in [2.75, 3.05) is 6.61 Å². The van der Waals surface area contributed by atoms with Crippen LogP contribution in [-0.4, -0.2) is 18.2 Å². The third kappa shape index (κ3) is 5.33. The fourth-order valence-electron chi connectivity index (χ4n) is 4.30. The highest BCUT2D eigenvalue weighted by atomic mass is 35.5. The average molecular weight is 372 g/mol. The van der Waals surface area contributed by atoms with Gasteiger partial charge in [0.1, 0.15) is 0 Å². The first kappa shape index (κ1) is 19.4. The maximum Gasteiger partial charge on any atom is 0.0629 e. The Morgan fingerprint density at radius 3 is 2.62 bits per heavy atom. The van der Waals surface area contributed by atoms with Gasteiger partial charge < -0.3 is 10.5 Å². The van der Waals surface area contributed by atoms with E-state index in [1.807, 2.05) is 18.2 Å². The van der Waals surface area contributed by atoms with Crippen LogP contribution in [0.2, 0.25) is 5.02 Å². The van der Waals surface area contributed by atoms with E-state index in [-0.39, 0.29) is 11.6 Å². The highest BCUT2D eigenvalue weighted by Crippen LogP contribution is 2.40. The standard InChI is InChI=1S/C23H30ClNO/c1-23(2)16-19(11-12-26-23)22(18-8-4-3-5-9-18)15-21(25)14-17-7-6-10-20(24)13-17/h3-10,13,19,21-22H,11-12,14-16,25H2,1-2H3/t19-,21?,22-/m1/s1. The lowest BCUT2D eigenvalue weighted by Crippen LogP contribution is -2.38. The summed E-state index contributed by atoms with van der Waals surface area (Å²) in [6.07, 6.45) is 4.02. The minimum atomic E-state index is -0.0486. The molecule has 0 spiro atoms. The Hall–Kier alpha value is -1.35. The molecule has 0 saturated carbocycles. The molecule has 0 aliphatic carbocycles. The van der Waals surface area contributed by atoms with E-state index < -0.39 is 0 Å². The summed E-state index contributed by atoms with van der Waals surface area (Å²) in [6.45, 7) is 5.24. The molecule has 2 nitrogen and oxygen atoms in total. The Kier molecular flexibility index (Phi) is 6.39. The van der Waals surface area contributed by atoms with Crippen molar-refractivity contribution in [3.63, 3.8) is 0 Å². The molecule has 1 fully saturated rings. The molecule has 1 unspecified atom stereocenters. The fraction of sp³-hybridized carbons (Fsp3) is 0.478. The maximum atomic E-state index is 6.59. The molecule has 3 atom stereocenters. The Labute approximate surface area is 162 Å². The van der Waals surface area contributed by atoms with Crippen molar-refractivity contribution < 1.29 is 4.74 Å². The molecule has 1 saturated heterocycles. The van der Waals surface area contributed by atoms with Gasteiger partial charge in [0, 0.05) is 17.7 Å². The Bertz CT molecular complexity index is 700. The van der Waals surface area contributed by atoms with Crippen molar-refractivity contribution >= 4 is 11.6 Å². The van der Waals surface area contributed by atoms with Gasteiger partial charge >= 0.3 is 0 Å². The van der Waals surface area contributed by atoms with Gasteiger partial charge in [0.15, 0.2) is 0 Å². The van der Waals surface area contributed by atoms with E-state index in [4.69, 9.17) is 22.1 Å². The zero-order valence-corrected chi connectivity index (χ0v) is 16.6. The summed E-state index contributed by atoms with van der Waals surface area (Å²) < 4.78 is 5.95. The quantitative estimate of drug-likeness (QED) is 0.718. The van der Waals surface area contributed by atoms with E-state index in [0.29, 0.717) is 11.8 Å². The van der Waals surface area contributed by atoms with Crippen LogP contribution < -0.4 is 5.73 Å². The lowest BCUT2D eigenvalue weighted by atomic mass is 9.73. The largest absolute Gasteiger partial charge is 0.376 e. The molecule has 1 heterocycles. The SMILES string of the molecule is CC1(C)C[C@H]([C@H](CC(N)Cc2cccc(Cl)c2)c2ccccc2)CCO1. The summed E-state index contributed by atoms with van der Waals surface area (Å²) >= 11 is 6.13. The molecule has 26 heavy (non-hydrogen) atoms. The van der Waals surface area contributed by atoms with Gasteiger partial charge in [-0.25, -0.2) is 0 Å². The Balaban J connectivity index is 1.75. The zero-order valence-electron chi connectivity index (χ0n) is 15.8. The van der Waals surface area contributed by atoms with E-state index in [2.05, 4.69) is 50.2 Å².